The highest BCUT2D eigenvalue weighted by molar-refractivity contribution is 7.13. The number of halogens is 1. The summed E-state index contributed by atoms with van der Waals surface area (Å²) < 4.78 is 14.0. The first-order chi connectivity index (χ1) is 10.1. The van der Waals surface area contributed by atoms with Crippen LogP contribution in [-0.4, -0.2) is 28.6 Å². The molecule has 0 unspecified atom stereocenters. The highest BCUT2D eigenvalue weighted by Crippen LogP contribution is 2.29. The van der Waals surface area contributed by atoms with Gasteiger partial charge in [-0.15, -0.1) is 11.3 Å². The van der Waals surface area contributed by atoms with Crippen molar-refractivity contribution in [3.05, 3.63) is 47.1 Å². The molecule has 0 bridgehead atoms. The molecule has 0 amide bonds. The van der Waals surface area contributed by atoms with Crippen LogP contribution in [0.25, 0.3) is 10.4 Å². The average molecular weight is 305 g/mol. The normalized spacial score (nSPS) is 19.0. The van der Waals surface area contributed by atoms with Gasteiger partial charge in [-0.3, -0.25) is 9.69 Å². The monoisotopic (exact) mass is 305 g/mol. The van der Waals surface area contributed by atoms with Crippen LogP contribution in [-0.2, 0) is 11.3 Å². The predicted molar refractivity (Wildman–Crippen MR) is 80.8 cm³/mol. The summed E-state index contributed by atoms with van der Waals surface area (Å²) in [4.78, 5) is 14.1. The van der Waals surface area contributed by atoms with E-state index in [1.165, 1.54) is 17.4 Å². The van der Waals surface area contributed by atoms with Gasteiger partial charge in [0.1, 0.15) is 11.9 Å². The third kappa shape index (κ3) is 2.99. The lowest BCUT2D eigenvalue weighted by molar-refractivity contribution is -0.142. The molecule has 1 aromatic carbocycles. The highest BCUT2D eigenvalue weighted by Gasteiger charge is 2.30. The maximum atomic E-state index is 14.0. The van der Waals surface area contributed by atoms with Crippen molar-refractivity contribution in [2.75, 3.05) is 6.54 Å². The second-order valence-electron chi connectivity index (χ2n) is 5.26. The zero-order chi connectivity index (χ0) is 14.8. The van der Waals surface area contributed by atoms with Crippen LogP contribution in [0.1, 0.15) is 18.4 Å². The van der Waals surface area contributed by atoms with Crippen molar-refractivity contribution in [1.29, 1.82) is 0 Å². The molecule has 3 nitrogen and oxygen atoms in total. The number of nitrogens with zero attached hydrogens (tertiary/aromatic N) is 1. The molecule has 1 aliphatic heterocycles. The molecule has 1 atom stereocenters. The van der Waals surface area contributed by atoms with E-state index in [1.807, 2.05) is 28.5 Å². The average Bonchev–Trinajstić information content (AvgIpc) is 3.11. The van der Waals surface area contributed by atoms with Crippen LogP contribution in [0.15, 0.2) is 35.7 Å². The highest BCUT2D eigenvalue weighted by atomic mass is 32.1. The first-order valence-corrected chi connectivity index (χ1v) is 7.82. The fourth-order valence-corrected chi connectivity index (χ4v) is 3.57. The van der Waals surface area contributed by atoms with E-state index in [-0.39, 0.29) is 5.82 Å². The molecule has 1 aromatic heterocycles. The third-order valence-electron chi connectivity index (χ3n) is 3.85. The topological polar surface area (TPSA) is 40.5 Å². The third-order valence-corrected chi connectivity index (χ3v) is 4.75. The molecule has 21 heavy (non-hydrogen) atoms. The minimum Gasteiger partial charge on any atom is -0.480 e. The summed E-state index contributed by atoms with van der Waals surface area (Å²) in [5, 5.41) is 11.1. The van der Waals surface area contributed by atoms with Gasteiger partial charge in [-0.05, 0) is 48.5 Å². The Morgan fingerprint density at radius 1 is 1.43 bits per heavy atom. The zero-order valence-corrected chi connectivity index (χ0v) is 12.3. The van der Waals surface area contributed by atoms with E-state index in [9.17, 15) is 14.3 Å². The van der Waals surface area contributed by atoms with E-state index >= 15 is 0 Å². The molecule has 1 N–H and O–H groups in total. The molecular weight excluding hydrogens is 289 g/mol. The van der Waals surface area contributed by atoms with Gasteiger partial charge in [0.05, 0.1) is 0 Å². The molecule has 3 rings (SSSR count). The molecule has 0 aliphatic carbocycles. The molecular formula is C16H16FNO2S. The van der Waals surface area contributed by atoms with Gasteiger partial charge in [0.25, 0.3) is 0 Å². The largest absolute Gasteiger partial charge is 0.480 e. The van der Waals surface area contributed by atoms with Gasteiger partial charge in [-0.2, -0.15) is 0 Å². The Morgan fingerprint density at radius 3 is 3.00 bits per heavy atom. The number of aliphatic carboxylic acids is 1. The number of hydrogen-bond acceptors (Lipinski definition) is 3. The molecule has 0 spiro atoms. The Kier molecular flexibility index (Phi) is 4.03. The number of carbonyl (C=O) groups is 1. The van der Waals surface area contributed by atoms with Crippen molar-refractivity contribution >= 4 is 17.3 Å². The Morgan fingerprint density at radius 2 is 2.29 bits per heavy atom. The van der Waals surface area contributed by atoms with Crippen LogP contribution < -0.4 is 0 Å². The van der Waals surface area contributed by atoms with Crippen LogP contribution in [0.2, 0.25) is 0 Å². The fourth-order valence-electron chi connectivity index (χ4n) is 2.82. The number of carboxylic acids is 1. The van der Waals surface area contributed by atoms with Gasteiger partial charge in [-0.25, -0.2) is 4.39 Å². The van der Waals surface area contributed by atoms with Crippen molar-refractivity contribution < 1.29 is 14.3 Å². The SMILES string of the molecule is O=C(O)[C@@H]1CCCN1Cc1ccc(F)c(-c2cccs2)c1. The maximum Gasteiger partial charge on any atom is 0.320 e. The zero-order valence-electron chi connectivity index (χ0n) is 11.5. The molecule has 1 fully saturated rings. The van der Waals surface area contributed by atoms with Crippen LogP contribution in [0, 0.1) is 5.82 Å². The van der Waals surface area contributed by atoms with Crippen molar-refractivity contribution in [2.45, 2.75) is 25.4 Å². The lowest BCUT2D eigenvalue weighted by Gasteiger charge is -2.21. The number of likely N-dealkylation sites (tertiary alicyclic amines) is 1. The van der Waals surface area contributed by atoms with Gasteiger partial charge in [-0.1, -0.05) is 12.1 Å². The minimum absolute atomic E-state index is 0.239. The summed E-state index contributed by atoms with van der Waals surface area (Å²) in [5.41, 5.74) is 1.54. The van der Waals surface area contributed by atoms with Crippen LogP contribution in [0.3, 0.4) is 0 Å². The first kappa shape index (κ1) is 14.2. The molecule has 1 saturated heterocycles. The molecule has 0 saturated carbocycles. The Hall–Kier alpha value is -1.72. The number of hydrogen-bond donors (Lipinski definition) is 1. The Bertz CT molecular complexity index is 642. The molecule has 0 radical (unpaired) electrons. The van der Waals surface area contributed by atoms with E-state index in [4.69, 9.17) is 0 Å². The van der Waals surface area contributed by atoms with Crippen LogP contribution in [0.4, 0.5) is 4.39 Å². The van der Waals surface area contributed by atoms with Crippen LogP contribution >= 0.6 is 11.3 Å². The quantitative estimate of drug-likeness (QED) is 0.938. The van der Waals surface area contributed by atoms with Gasteiger partial charge < -0.3 is 5.11 Å². The molecule has 2 heterocycles. The van der Waals surface area contributed by atoms with E-state index in [0.717, 1.165) is 23.4 Å². The van der Waals surface area contributed by atoms with Gasteiger partial charge >= 0.3 is 5.97 Å². The minimum atomic E-state index is -0.770. The van der Waals surface area contributed by atoms with E-state index in [1.54, 1.807) is 6.07 Å². The van der Waals surface area contributed by atoms with Crippen molar-refractivity contribution in [3.8, 4) is 10.4 Å². The lowest BCUT2D eigenvalue weighted by atomic mass is 10.1. The lowest BCUT2D eigenvalue weighted by Crippen LogP contribution is -2.35. The number of rotatable bonds is 4. The standard InChI is InChI=1S/C16H16FNO2S/c17-13-6-5-11(9-12(13)15-4-2-8-21-15)10-18-7-1-3-14(18)16(19)20/h2,4-6,8-9,14H,1,3,7,10H2,(H,19,20)/t14-/m0/s1. The molecule has 110 valence electrons. The smallest absolute Gasteiger partial charge is 0.320 e. The molecule has 2 aromatic rings. The Balaban J connectivity index is 1.83. The fraction of sp³-hybridized carbons (Fsp3) is 0.312. The number of benzene rings is 1. The summed E-state index contributed by atoms with van der Waals surface area (Å²) in [6.45, 7) is 1.33. The number of thiophene rings is 1. The summed E-state index contributed by atoms with van der Waals surface area (Å²) in [5.74, 6) is -1.01. The van der Waals surface area contributed by atoms with Crippen LogP contribution in [0.5, 0.6) is 0 Å². The van der Waals surface area contributed by atoms with Crippen molar-refractivity contribution in [1.82, 2.24) is 4.90 Å². The van der Waals surface area contributed by atoms with E-state index in [2.05, 4.69) is 0 Å². The summed E-state index contributed by atoms with van der Waals surface area (Å²) in [6.07, 6.45) is 1.59. The molecule has 1 aliphatic rings. The van der Waals surface area contributed by atoms with Gasteiger partial charge in [0.15, 0.2) is 0 Å². The van der Waals surface area contributed by atoms with E-state index in [0.29, 0.717) is 18.5 Å². The second-order valence-corrected chi connectivity index (χ2v) is 6.21. The van der Waals surface area contributed by atoms with E-state index < -0.39 is 12.0 Å². The van der Waals surface area contributed by atoms with Crippen molar-refractivity contribution in [3.63, 3.8) is 0 Å². The first-order valence-electron chi connectivity index (χ1n) is 6.94. The summed E-state index contributed by atoms with van der Waals surface area (Å²) in [7, 11) is 0. The molecule has 5 heteroatoms. The van der Waals surface area contributed by atoms with Crippen molar-refractivity contribution in [2.24, 2.45) is 0 Å². The number of carboxylic acid groups (broad SMARTS) is 1. The van der Waals surface area contributed by atoms with Gasteiger partial charge in [0, 0.05) is 17.0 Å². The van der Waals surface area contributed by atoms with Gasteiger partial charge in [0.2, 0.25) is 0 Å². The predicted octanol–water partition coefficient (Wildman–Crippen LogP) is 3.60. The summed E-state index contributed by atoms with van der Waals surface area (Å²) >= 11 is 1.50. The maximum absolute atomic E-state index is 14.0. The Labute approximate surface area is 126 Å². The summed E-state index contributed by atoms with van der Waals surface area (Å²) in [6, 6.07) is 8.41. The second kappa shape index (κ2) is 5.95.